The number of hydrogen-bond acceptors (Lipinski definition) is 3. The van der Waals surface area contributed by atoms with Crippen molar-refractivity contribution < 1.29 is 14.3 Å². The summed E-state index contributed by atoms with van der Waals surface area (Å²) in [4.78, 5) is 12.3. The lowest BCUT2D eigenvalue weighted by Crippen LogP contribution is -2.26. The highest BCUT2D eigenvalue weighted by atomic mass is 16.5. The lowest BCUT2D eigenvalue weighted by atomic mass is 10.1. The van der Waals surface area contributed by atoms with Gasteiger partial charge >= 0.3 is 0 Å². The maximum Gasteiger partial charge on any atom is 0.258 e. The molecule has 1 heterocycles. The van der Waals surface area contributed by atoms with Crippen LogP contribution in [0.5, 0.6) is 11.5 Å². The molecule has 0 saturated carbocycles. The first kappa shape index (κ1) is 15.0. The van der Waals surface area contributed by atoms with Gasteiger partial charge in [-0.25, -0.2) is 0 Å². The summed E-state index contributed by atoms with van der Waals surface area (Å²) in [5.74, 6) is 0.818. The fraction of sp³-hybridized carbons (Fsp3) is 0.312. The summed E-state index contributed by atoms with van der Waals surface area (Å²) in [6.07, 6.45) is 4.81. The van der Waals surface area contributed by atoms with Crippen LogP contribution in [0.2, 0.25) is 0 Å². The van der Waals surface area contributed by atoms with Gasteiger partial charge in [0.25, 0.3) is 5.91 Å². The van der Waals surface area contributed by atoms with Crippen LogP contribution in [0.15, 0.2) is 36.7 Å². The van der Waals surface area contributed by atoms with Crippen molar-refractivity contribution in [2.75, 3.05) is 20.8 Å². The predicted molar refractivity (Wildman–Crippen MR) is 81.0 cm³/mol. The molecular formula is C16H20N2O3. The van der Waals surface area contributed by atoms with Gasteiger partial charge in [-0.3, -0.25) is 4.79 Å². The van der Waals surface area contributed by atoms with Gasteiger partial charge in [-0.05, 0) is 30.2 Å². The molecule has 0 aliphatic rings. The van der Waals surface area contributed by atoms with Gasteiger partial charge in [0, 0.05) is 26.0 Å². The highest BCUT2D eigenvalue weighted by molar-refractivity contribution is 5.99. The van der Waals surface area contributed by atoms with E-state index in [0.717, 1.165) is 6.42 Å². The second-order valence-electron chi connectivity index (χ2n) is 4.73. The maximum atomic E-state index is 12.3. The summed E-state index contributed by atoms with van der Waals surface area (Å²) in [5.41, 5.74) is 1.61. The van der Waals surface area contributed by atoms with Crippen LogP contribution in [0, 0.1) is 0 Å². The van der Waals surface area contributed by atoms with Crippen LogP contribution in [0.3, 0.4) is 0 Å². The number of nitrogens with zero attached hydrogens (tertiary/aromatic N) is 1. The van der Waals surface area contributed by atoms with E-state index in [1.807, 2.05) is 30.1 Å². The van der Waals surface area contributed by atoms with Crippen molar-refractivity contribution in [2.45, 2.75) is 6.42 Å². The first-order chi connectivity index (χ1) is 10.2. The molecule has 5 nitrogen and oxygen atoms in total. The number of amides is 1. The standard InChI is InChI=1S/C16H20N2O3/c1-18-10-8-12(11-18)7-9-17-16(19)15-13(20-2)5-4-6-14(15)21-3/h4-6,8,10-11H,7,9H2,1-3H3,(H,17,19). The number of hydrogen-bond donors (Lipinski definition) is 1. The largest absolute Gasteiger partial charge is 0.496 e. The Morgan fingerprint density at radius 2 is 1.86 bits per heavy atom. The normalized spacial score (nSPS) is 10.2. The molecule has 1 aromatic heterocycles. The predicted octanol–water partition coefficient (Wildman–Crippen LogP) is 2.01. The zero-order chi connectivity index (χ0) is 15.2. The van der Waals surface area contributed by atoms with Gasteiger partial charge in [0.2, 0.25) is 0 Å². The summed E-state index contributed by atoms with van der Waals surface area (Å²) in [7, 11) is 5.05. The number of rotatable bonds is 6. The van der Waals surface area contributed by atoms with Gasteiger partial charge in [0.15, 0.2) is 0 Å². The molecule has 0 spiro atoms. The average Bonchev–Trinajstić information content (AvgIpc) is 2.91. The van der Waals surface area contributed by atoms with E-state index in [2.05, 4.69) is 5.32 Å². The van der Waals surface area contributed by atoms with E-state index >= 15 is 0 Å². The summed E-state index contributed by atoms with van der Waals surface area (Å²) < 4.78 is 12.5. The van der Waals surface area contributed by atoms with Crippen LogP contribution >= 0.6 is 0 Å². The number of methoxy groups -OCH3 is 2. The second kappa shape index (κ2) is 6.83. The molecule has 0 aliphatic heterocycles. The average molecular weight is 288 g/mol. The zero-order valence-electron chi connectivity index (χ0n) is 12.6. The molecule has 0 atom stereocenters. The highest BCUT2D eigenvalue weighted by Gasteiger charge is 2.17. The molecule has 0 radical (unpaired) electrons. The molecule has 1 N–H and O–H groups in total. The Morgan fingerprint density at radius 3 is 2.38 bits per heavy atom. The maximum absolute atomic E-state index is 12.3. The van der Waals surface area contributed by atoms with Crippen LogP contribution in [0.1, 0.15) is 15.9 Å². The molecule has 112 valence electrons. The topological polar surface area (TPSA) is 52.5 Å². The molecule has 0 saturated heterocycles. The lowest BCUT2D eigenvalue weighted by molar-refractivity contribution is 0.0948. The summed E-state index contributed by atoms with van der Waals surface area (Å²) in [5, 5.41) is 2.90. The van der Waals surface area contributed by atoms with E-state index in [9.17, 15) is 4.79 Å². The number of carbonyl (C=O) groups excluding carboxylic acids is 1. The first-order valence-electron chi connectivity index (χ1n) is 6.75. The fourth-order valence-corrected chi connectivity index (χ4v) is 2.19. The summed E-state index contributed by atoms with van der Waals surface area (Å²) in [6, 6.07) is 7.32. The van der Waals surface area contributed by atoms with Crippen LogP contribution < -0.4 is 14.8 Å². The number of ether oxygens (including phenoxy) is 2. The molecule has 1 aromatic carbocycles. The van der Waals surface area contributed by atoms with E-state index in [-0.39, 0.29) is 5.91 Å². The van der Waals surface area contributed by atoms with E-state index in [0.29, 0.717) is 23.6 Å². The van der Waals surface area contributed by atoms with Crippen molar-refractivity contribution in [1.29, 1.82) is 0 Å². The SMILES string of the molecule is COc1cccc(OC)c1C(=O)NCCc1ccn(C)c1. The molecule has 0 bridgehead atoms. The number of benzene rings is 1. The molecule has 21 heavy (non-hydrogen) atoms. The molecular weight excluding hydrogens is 268 g/mol. The zero-order valence-corrected chi connectivity index (χ0v) is 12.6. The molecule has 1 amide bonds. The number of aryl methyl sites for hydroxylation is 1. The third kappa shape index (κ3) is 3.56. The molecule has 2 rings (SSSR count). The Hall–Kier alpha value is -2.43. The van der Waals surface area contributed by atoms with Crippen LogP contribution in [0.4, 0.5) is 0 Å². The Kier molecular flexibility index (Phi) is 4.87. The van der Waals surface area contributed by atoms with Crippen LogP contribution in [-0.4, -0.2) is 31.2 Å². The number of carbonyl (C=O) groups is 1. The minimum atomic E-state index is -0.194. The first-order valence-corrected chi connectivity index (χ1v) is 6.75. The lowest BCUT2D eigenvalue weighted by Gasteiger charge is -2.12. The van der Waals surface area contributed by atoms with Crippen molar-refractivity contribution in [3.05, 3.63) is 47.8 Å². The van der Waals surface area contributed by atoms with Crippen molar-refractivity contribution in [3.63, 3.8) is 0 Å². The van der Waals surface area contributed by atoms with E-state index < -0.39 is 0 Å². The van der Waals surface area contributed by atoms with E-state index in [1.165, 1.54) is 19.8 Å². The molecule has 0 unspecified atom stereocenters. The van der Waals surface area contributed by atoms with E-state index in [4.69, 9.17) is 9.47 Å². The quantitative estimate of drug-likeness (QED) is 0.884. The molecule has 0 fully saturated rings. The van der Waals surface area contributed by atoms with Crippen LogP contribution in [0.25, 0.3) is 0 Å². The molecule has 2 aromatic rings. The van der Waals surface area contributed by atoms with Gasteiger partial charge in [-0.15, -0.1) is 0 Å². The van der Waals surface area contributed by atoms with Gasteiger partial charge in [0.05, 0.1) is 14.2 Å². The van der Waals surface area contributed by atoms with Crippen molar-refractivity contribution in [2.24, 2.45) is 7.05 Å². The monoisotopic (exact) mass is 288 g/mol. The Bertz CT molecular complexity index is 597. The Balaban J connectivity index is 2.03. The molecule has 0 aliphatic carbocycles. The van der Waals surface area contributed by atoms with Crippen molar-refractivity contribution >= 4 is 5.91 Å². The fourth-order valence-electron chi connectivity index (χ4n) is 2.19. The second-order valence-corrected chi connectivity index (χ2v) is 4.73. The van der Waals surface area contributed by atoms with E-state index in [1.54, 1.807) is 18.2 Å². The number of nitrogens with one attached hydrogen (secondary N) is 1. The third-order valence-electron chi connectivity index (χ3n) is 3.25. The highest BCUT2D eigenvalue weighted by Crippen LogP contribution is 2.27. The van der Waals surface area contributed by atoms with Crippen molar-refractivity contribution in [1.82, 2.24) is 9.88 Å². The number of aromatic nitrogens is 1. The van der Waals surface area contributed by atoms with Gasteiger partial charge in [-0.1, -0.05) is 6.07 Å². The van der Waals surface area contributed by atoms with Gasteiger partial charge in [-0.2, -0.15) is 0 Å². The van der Waals surface area contributed by atoms with Gasteiger partial charge in [0.1, 0.15) is 17.1 Å². The Morgan fingerprint density at radius 1 is 1.19 bits per heavy atom. The van der Waals surface area contributed by atoms with Crippen LogP contribution in [-0.2, 0) is 13.5 Å². The van der Waals surface area contributed by atoms with Crippen molar-refractivity contribution in [3.8, 4) is 11.5 Å². The molecule has 5 heteroatoms. The smallest absolute Gasteiger partial charge is 0.258 e. The summed E-state index contributed by atoms with van der Waals surface area (Å²) in [6.45, 7) is 0.560. The Labute approximate surface area is 124 Å². The summed E-state index contributed by atoms with van der Waals surface area (Å²) >= 11 is 0. The van der Waals surface area contributed by atoms with Gasteiger partial charge < -0.3 is 19.4 Å². The minimum Gasteiger partial charge on any atom is -0.496 e. The third-order valence-corrected chi connectivity index (χ3v) is 3.25. The minimum absolute atomic E-state index is 0.194.